The number of aromatic nitrogens is 2. The summed E-state index contributed by atoms with van der Waals surface area (Å²) in [6.45, 7) is 3.26. The molecule has 3 rings (SSSR count). The molecule has 140 valence electrons. The summed E-state index contributed by atoms with van der Waals surface area (Å²) >= 11 is 2.84. The molecular formula is C17H21N3O4S2. The van der Waals surface area contributed by atoms with E-state index in [-0.39, 0.29) is 17.2 Å². The molecule has 1 amide bonds. The van der Waals surface area contributed by atoms with Crippen molar-refractivity contribution in [1.82, 2.24) is 14.9 Å². The first kappa shape index (κ1) is 19.1. The van der Waals surface area contributed by atoms with Crippen molar-refractivity contribution in [2.24, 2.45) is 0 Å². The lowest BCUT2D eigenvalue weighted by molar-refractivity contribution is -0.118. The summed E-state index contributed by atoms with van der Waals surface area (Å²) in [6, 6.07) is 3.58. The second kappa shape index (κ2) is 8.79. The van der Waals surface area contributed by atoms with Gasteiger partial charge in [0.2, 0.25) is 5.91 Å². The van der Waals surface area contributed by atoms with Crippen molar-refractivity contribution in [3.63, 3.8) is 0 Å². The SMILES string of the molecule is COCCn1c(SCC(=O)NCc2ccco2)nc2c(c1=O)SC(C)C2. The van der Waals surface area contributed by atoms with Crippen molar-refractivity contribution in [3.8, 4) is 0 Å². The number of nitrogens with zero attached hydrogens (tertiary/aromatic N) is 2. The molecule has 0 saturated heterocycles. The standard InChI is InChI=1S/C17H21N3O4S2/c1-11-8-13-15(26-11)16(22)20(5-7-23-2)17(19-13)25-10-14(21)18-9-12-4-3-6-24-12/h3-4,6,11H,5,7-10H2,1-2H3,(H,18,21). The molecule has 2 aromatic heterocycles. The first-order valence-corrected chi connectivity index (χ1v) is 10.2. The zero-order chi connectivity index (χ0) is 18.5. The van der Waals surface area contributed by atoms with Crippen LogP contribution in [-0.2, 0) is 29.0 Å². The number of methoxy groups -OCH3 is 1. The van der Waals surface area contributed by atoms with Crippen LogP contribution in [0.1, 0.15) is 18.4 Å². The van der Waals surface area contributed by atoms with Gasteiger partial charge in [0, 0.05) is 18.8 Å². The van der Waals surface area contributed by atoms with Crippen LogP contribution in [0.25, 0.3) is 0 Å². The van der Waals surface area contributed by atoms with Crippen LogP contribution in [0, 0.1) is 0 Å². The first-order valence-electron chi connectivity index (χ1n) is 8.29. The lowest BCUT2D eigenvalue weighted by Gasteiger charge is -2.13. The van der Waals surface area contributed by atoms with Crippen LogP contribution in [0.5, 0.6) is 0 Å². The fourth-order valence-corrected chi connectivity index (χ4v) is 4.59. The summed E-state index contributed by atoms with van der Waals surface area (Å²) in [6.07, 6.45) is 2.34. The van der Waals surface area contributed by atoms with Crippen LogP contribution in [0.4, 0.5) is 0 Å². The van der Waals surface area contributed by atoms with Crippen LogP contribution in [0.2, 0.25) is 0 Å². The molecule has 0 spiro atoms. The molecule has 0 saturated carbocycles. The lowest BCUT2D eigenvalue weighted by atomic mass is 10.2. The molecular weight excluding hydrogens is 374 g/mol. The maximum absolute atomic E-state index is 12.8. The number of nitrogens with one attached hydrogen (secondary N) is 1. The Hall–Kier alpha value is -1.71. The van der Waals surface area contributed by atoms with Gasteiger partial charge in [0.15, 0.2) is 5.16 Å². The molecule has 0 aliphatic carbocycles. The first-order chi connectivity index (χ1) is 12.6. The van der Waals surface area contributed by atoms with Crippen LogP contribution in [0.15, 0.2) is 37.7 Å². The van der Waals surface area contributed by atoms with E-state index in [9.17, 15) is 9.59 Å². The zero-order valence-corrected chi connectivity index (χ0v) is 16.3. The van der Waals surface area contributed by atoms with Crippen LogP contribution >= 0.6 is 23.5 Å². The summed E-state index contributed by atoms with van der Waals surface area (Å²) in [5.41, 5.74) is 0.791. The van der Waals surface area contributed by atoms with Crippen LogP contribution < -0.4 is 10.9 Å². The third-order valence-electron chi connectivity index (χ3n) is 3.85. The van der Waals surface area contributed by atoms with Gasteiger partial charge in [0.1, 0.15) is 5.76 Å². The fourth-order valence-electron chi connectivity index (χ4n) is 2.60. The van der Waals surface area contributed by atoms with E-state index in [2.05, 4.69) is 17.2 Å². The Balaban J connectivity index is 1.69. The van der Waals surface area contributed by atoms with E-state index < -0.39 is 0 Å². The average Bonchev–Trinajstić information content (AvgIpc) is 3.26. The largest absolute Gasteiger partial charge is 0.467 e. The van der Waals surface area contributed by atoms with E-state index >= 15 is 0 Å². The minimum atomic E-state index is -0.137. The average molecular weight is 396 g/mol. The Labute approximate surface area is 159 Å². The van der Waals surface area contributed by atoms with Crippen molar-refractivity contribution in [2.45, 2.75) is 41.7 Å². The van der Waals surface area contributed by atoms with Gasteiger partial charge >= 0.3 is 0 Å². The minimum absolute atomic E-state index is 0.0418. The number of hydrogen-bond donors (Lipinski definition) is 1. The van der Waals surface area contributed by atoms with Gasteiger partial charge in [-0.05, 0) is 12.1 Å². The molecule has 0 bridgehead atoms. The molecule has 0 radical (unpaired) electrons. The Morgan fingerprint density at radius 2 is 2.42 bits per heavy atom. The van der Waals surface area contributed by atoms with Gasteiger partial charge < -0.3 is 14.5 Å². The number of hydrogen-bond acceptors (Lipinski definition) is 7. The topological polar surface area (TPSA) is 86.4 Å². The van der Waals surface area contributed by atoms with Crippen molar-refractivity contribution < 1.29 is 13.9 Å². The monoisotopic (exact) mass is 395 g/mol. The van der Waals surface area contributed by atoms with Crippen molar-refractivity contribution in [2.75, 3.05) is 19.5 Å². The molecule has 0 aromatic carbocycles. The molecule has 1 atom stereocenters. The minimum Gasteiger partial charge on any atom is -0.467 e. The number of ether oxygens (including phenoxy) is 1. The fraction of sp³-hybridized carbons (Fsp3) is 0.471. The van der Waals surface area contributed by atoms with Crippen molar-refractivity contribution >= 4 is 29.4 Å². The van der Waals surface area contributed by atoms with Gasteiger partial charge in [-0.15, -0.1) is 11.8 Å². The molecule has 26 heavy (non-hydrogen) atoms. The Kier molecular flexibility index (Phi) is 6.44. The van der Waals surface area contributed by atoms with E-state index in [0.717, 1.165) is 17.0 Å². The normalized spacial score (nSPS) is 15.8. The lowest BCUT2D eigenvalue weighted by Crippen LogP contribution is -2.28. The van der Waals surface area contributed by atoms with Gasteiger partial charge in [-0.25, -0.2) is 4.98 Å². The van der Waals surface area contributed by atoms with Crippen LogP contribution in [0.3, 0.4) is 0 Å². The van der Waals surface area contributed by atoms with Gasteiger partial charge in [0.05, 0.1) is 42.3 Å². The summed E-state index contributed by atoms with van der Waals surface area (Å²) in [4.78, 5) is 30.2. The number of amides is 1. The molecule has 1 aliphatic heterocycles. The second-order valence-corrected chi connectivity index (χ2v) is 8.29. The number of fused-ring (bicyclic) bond motifs is 1. The second-order valence-electron chi connectivity index (χ2n) is 5.90. The van der Waals surface area contributed by atoms with E-state index in [1.54, 1.807) is 41.8 Å². The molecule has 3 heterocycles. The van der Waals surface area contributed by atoms with Gasteiger partial charge in [0.25, 0.3) is 5.56 Å². The summed E-state index contributed by atoms with van der Waals surface area (Å²) in [7, 11) is 1.59. The van der Waals surface area contributed by atoms with Gasteiger partial charge in [-0.3, -0.25) is 14.2 Å². The smallest absolute Gasteiger partial charge is 0.268 e. The summed E-state index contributed by atoms with van der Waals surface area (Å²) in [5, 5.41) is 3.70. The van der Waals surface area contributed by atoms with Crippen molar-refractivity contribution in [1.29, 1.82) is 0 Å². The quantitative estimate of drug-likeness (QED) is 0.540. The van der Waals surface area contributed by atoms with Gasteiger partial charge in [-0.2, -0.15) is 0 Å². The molecule has 7 nitrogen and oxygen atoms in total. The Bertz CT molecular complexity index is 820. The van der Waals surface area contributed by atoms with E-state index in [4.69, 9.17) is 9.15 Å². The maximum Gasteiger partial charge on any atom is 0.268 e. The highest BCUT2D eigenvalue weighted by molar-refractivity contribution is 8.00. The highest BCUT2D eigenvalue weighted by Gasteiger charge is 2.26. The summed E-state index contributed by atoms with van der Waals surface area (Å²) in [5.74, 6) is 0.742. The Morgan fingerprint density at radius 3 is 3.15 bits per heavy atom. The molecule has 1 aliphatic rings. The van der Waals surface area contributed by atoms with Gasteiger partial charge in [-0.1, -0.05) is 18.7 Å². The number of furan rings is 1. The summed E-state index contributed by atoms with van der Waals surface area (Å²) < 4.78 is 11.9. The number of rotatable bonds is 8. The van der Waals surface area contributed by atoms with Crippen molar-refractivity contribution in [3.05, 3.63) is 40.2 Å². The molecule has 2 aromatic rings. The highest BCUT2D eigenvalue weighted by Crippen LogP contribution is 2.34. The predicted molar refractivity (Wildman–Crippen MR) is 101 cm³/mol. The number of carbonyl (C=O) groups is 1. The van der Waals surface area contributed by atoms with E-state index in [1.165, 1.54) is 11.8 Å². The number of carbonyl (C=O) groups excluding carboxylic acids is 1. The molecule has 1 N–H and O–H groups in total. The maximum atomic E-state index is 12.8. The van der Waals surface area contributed by atoms with E-state index in [1.807, 2.05) is 0 Å². The highest BCUT2D eigenvalue weighted by atomic mass is 32.2. The Morgan fingerprint density at radius 1 is 1.58 bits per heavy atom. The zero-order valence-electron chi connectivity index (χ0n) is 14.7. The molecule has 0 fully saturated rings. The predicted octanol–water partition coefficient (Wildman–Crippen LogP) is 1.93. The molecule has 9 heteroatoms. The molecule has 1 unspecified atom stereocenters. The third kappa shape index (κ3) is 4.52. The van der Waals surface area contributed by atoms with Crippen LogP contribution in [-0.4, -0.2) is 40.2 Å². The number of thioether (sulfide) groups is 2. The third-order valence-corrected chi connectivity index (χ3v) is 6.05. The van der Waals surface area contributed by atoms with E-state index in [0.29, 0.717) is 35.9 Å².